The summed E-state index contributed by atoms with van der Waals surface area (Å²) in [4.78, 5) is 14.2. The molecule has 17 heavy (non-hydrogen) atoms. The summed E-state index contributed by atoms with van der Waals surface area (Å²) in [5.74, 6) is 0.683. The van der Waals surface area contributed by atoms with Gasteiger partial charge in [-0.15, -0.1) is 0 Å². The quantitative estimate of drug-likeness (QED) is 0.265. The van der Waals surface area contributed by atoms with Gasteiger partial charge in [0.2, 0.25) is 0 Å². The van der Waals surface area contributed by atoms with Crippen LogP contribution in [0.1, 0.15) is 16.8 Å². The average molecular weight is 298 g/mol. The molecule has 1 aromatic rings. The molecule has 0 heterocycles. The summed E-state index contributed by atoms with van der Waals surface area (Å²) in [5.41, 5.74) is 8.74. The molecule has 0 N–H and O–H groups in total. The summed E-state index contributed by atoms with van der Waals surface area (Å²) < 4.78 is 5.01. The molecule has 1 rings (SSSR count). The first-order chi connectivity index (χ1) is 8.19. The molecule has 1 atom stereocenters. The average Bonchev–Trinajstić information content (AvgIpc) is 2.38. The van der Waals surface area contributed by atoms with Gasteiger partial charge in [0.25, 0.3) is 0 Å². The van der Waals surface area contributed by atoms with Crippen LogP contribution < -0.4 is 4.74 Å². The van der Waals surface area contributed by atoms with Crippen LogP contribution >= 0.6 is 15.9 Å². The van der Waals surface area contributed by atoms with E-state index in [2.05, 4.69) is 26.0 Å². The van der Waals surface area contributed by atoms with Gasteiger partial charge in [0.05, 0.1) is 11.9 Å². The molecule has 0 amide bonds. The number of azide groups is 1. The van der Waals surface area contributed by atoms with E-state index in [0.717, 1.165) is 0 Å². The van der Waals surface area contributed by atoms with Gasteiger partial charge < -0.3 is 4.74 Å². The molecule has 0 aliphatic heterocycles. The maximum absolute atomic E-state index is 11.9. The minimum Gasteiger partial charge on any atom is -0.497 e. The highest BCUT2D eigenvalue weighted by molar-refractivity contribution is 9.10. The first kappa shape index (κ1) is 13.5. The molecule has 0 aliphatic rings. The summed E-state index contributed by atoms with van der Waals surface area (Å²) in [6.07, 6.45) is 0.481. The Bertz CT molecular complexity index is 427. The predicted molar refractivity (Wildman–Crippen MR) is 68.7 cm³/mol. The van der Waals surface area contributed by atoms with Gasteiger partial charge in [0, 0.05) is 17.0 Å². The van der Waals surface area contributed by atoms with E-state index in [-0.39, 0.29) is 10.6 Å². The number of Topliss-reactive ketones (excluding diaryl/α,β-unsaturated/α-hetero) is 1. The van der Waals surface area contributed by atoms with E-state index in [1.807, 2.05) is 0 Å². The van der Waals surface area contributed by atoms with Crippen molar-refractivity contribution < 1.29 is 9.53 Å². The van der Waals surface area contributed by atoms with Gasteiger partial charge in [-0.1, -0.05) is 21.0 Å². The third-order valence-corrected chi connectivity index (χ3v) is 3.08. The number of rotatable bonds is 6. The smallest absolute Gasteiger partial charge is 0.176 e. The van der Waals surface area contributed by atoms with Crippen molar-refractivity contribution in [1.29, 1.82) is 0 Å². The number of benzene rings is 1. The highest BCUT2D eigenvalue weighted by Gasteiger charge is 2.16. The predicted octanol–water partition coefficient (Wildman–Crippen LogP) is 3.34. The lowest BCUT2D eigenvalue weighted by Gasteiger charge is -2.07. The second kappa shape index (κ2) is 6.93. The van der Waals surface area contributed by atoms with Crippen LogP contribution in [0.3, 0.4) is 0 Å². The molecule has 90 valence electrons. The van der Waals surface area contributed by atoms with Crippen molar-refractivity contribution in [3.8, 4) is 5.75 Å². The lowest BCUT2D eigenvalue weighted by molar-refractivity contribution is 0.0989. The van der Waals surface area contributed by atoms with Gasteiger partial charge in [-0.05, 0) is 36.2 Å². The van der Waals surface area contributed by atoms with E-state index in [1.54, 1.807) is 31.4 Å². The first-order valence-electron chi connectivity index (χ1n) is 5.02. The second-order valence-electron chi connectivity index (χ2n) is 3.30. The fraction of sp³-hybridized carbons (Fsp3) is 0.364. The molecular weight excluding hydrogens is 286 g/mol. The molecule has 0 fully saturated rings. The van der Waals surface area contributed by atoms with Crippen LogP contribution in [0.4, 0.5) is 0 Å². The molecule has 0 saturated carbocycles. The van der Waals surface area contributed by atoms with Crippen molar-refractivity contribution in [3.05, 3.63) is 40.3 Å². The van der Waals surface area contributed by atoms with Crippen LogP contribution in [0.15, 0.2) is 29.4 Å². The van der Waals surface area contributed by atoms with Crippen molar-refractivity contribution in [2.24, 2.45) is 5.11 Å². The Morgan fingerprint density at radius 3 is 2.71 bits per heavy atom. The number of hydrogen-bond donors (Lipinski definition) is 0. The number of carbonyl (C=O) groups excluding carboxylic acids is 1. The molecule has 0 saturated heterocycles. The minimum absolute atomic E-state index is 0.0270. The van der Waals surface area contributed by atoms with Crippen molar-refractivity contribution >= 4 is 21.7 Å². The van der Waals surface area contributed by atoms with E-state index in [9.17, 15) is 4.79 Å². The third-order valence-electron chi connectivity index (χ3n) is 2.20. The van der Waals surface area contributed by atoms with E-state index in [4.69, 9.17) is 10.3 Å². The number of ketones is 1. The molecule has 1 unspecified atom stereocenters. The standard InChI is InChI=1S/C11H12BrN3O2/c1-17-9-4-2-8(3-5-9)11(16)10(12)6-7-14-15-13/h2-5,10H,6-7H2,1H3. The zero-order valence-corrected chi connectivity index (χ0v) is 10.9. The summed E-state index contributed by atoms with van der Waals surface area (Å²) in [6, 6.07) is 6.90. The topological polar surface area (TPSA) is 75.1 Å². The van der Waals surface area contributed by atoms with Gasteiger partial charge >= 0.3 is 0 Å². The van der Waals surface area contributed by atoms with Crippen molar-refractivity contribution in [2.45, 2.75) is 11.2 Å². The fourth-order valence-corrected chi connectivity index (χ4v) is 1.75. The van der Waals surface area contributed by atoms with Crippen LogP contribution in [0.25, 0.3) is 10.4 Å². The minimum atomic E-state index is -0.332. The number of ether oxygens (including phenoxy) is 1. The second-order valence-corrected chi connectivity index (χ2v) is 4.41. The summed E-state index contributed by atoms with van der Waals surface area (Å²) in [7, 11) is 1.57. The Balaban J connectivity index is 2.64. The Hall–Kier alpha value is -1.52. The lowest BCUT2D eigenvalue weighted by atomic mass is 10.1. The highest BCUT2D eigenvalue weighted by atomic mass is 79.9. The van der Waals surface area contributed by atoms with Crippen molar-refractivity contribution in [3.63, 3.8) is 0 Å². The monoisotopic (exact) mass is 297 g/mol. The first-order valence-corrected chi connectivity index (χ1v) is 5.93. The maximum Gasteiger partial charge on any atom is 0.176 e. The van der Waals surface area contributed by atoms with E-state index < -0.39 is 0 Å². The van der Waals surface area contributed by atoms with Gasteiger partial charge in [-0.2, -0.15) is 0 Å². The van der Waals surface area contributed by atoms with E-state index in [0.29, 0.717) is 24.3 Å². The molecule has 0 radical (unpaired) electrons. The Morgan fingerprint density at radius 2 is 2.18 bits per heavy atom. The van der Waals surface area contributed by atoms with E-state index in [1.165, 1.54) is 0 Å². The molecule has 0 aromatic heterocycles. The summed E-state index contributed by atoms with van der Waals surface area (Å²) >= 11 is 3.28. The molecular formula is C11H12BrN3O2. The molecule has 0 spiro atoms. The number of methoxy groups -OCH3 is 1. The van der Waals surface area contributed by atoms with Crippen LogP contribution in [-0.4, -0.2) is 24.3 Å². The summed E-state index contributed by atoms with van der Waals surface area (Å²) in [5, 5.41) is 3.39. The summed E-state index contributed by atoms with van der Waals surface area (Å²) in [6.45, 7) is 0.300. The van der Waals surface area contributed by atoms with Crippen molar-refractivity contribution in [2.75, 3.05) is 13.7 Å². The molecule has 1 aromatic carbocycles. The zero-order chi connectivity index (χ0) is 12.7. The third kappa shape index (κ3) is 4.09. The van der Waals surface area contributed by atoms with Crippen molar-refractivity contribution in [1.82, 2.24) is 0 Å². The van der Waals surface area contributed by atoms with Crippen LogP contribution in [0.5, 0.6) is 5.75 Å². The Kier molecular flexibility index (Phi) is 5.52. The number of halogens is 1. The lowest BCUT2D eigenvalue weighted by Crippen LogP contribution is -2.15. The molecule has 5 nitrogen and oxygen atoms in total. The maximum atomic E-state index is 11.9. The van der Waals surface area contributed by atoms with Crippen LogP contribution in [0, 0.1) is 0 Å². The van der Waals surface area contributed by atoms with Gasteiger partial charge in [-0.3, -0.25) is 4.79 Å². The number of nitrogens with zero attached hydrogens (tertiary/aromatic N) is 3. The highest BCUT2D eigenvalue weighted by Crippen LogP contribution is 2.17. The zero-order valence-electron chi connectivity index (χ0n) is 9.34. The normalized spacial score (nSPS) is 11.4. The Labute approximate surface area is 108 Å². The Morgan fingerprint density at radius 1 is 1.53 bits per heavy atom. The SMILES string of the molecule is COc1ccc(C(=O)C(Br)CCN=[N+]=[N-])cc1. The van der Waals surface area contributed by atoms with Gasteiger partial charge in [0.15, 0.2) is 5.78 Å². The molecule has 6 heteroatoms. The van der Waals surface area contributed by atoms with Gasteiger partial charge in [0.1, 0.15) is 5.75 Å². The number of alkyl halides is 1. The largest absolute Gasteiger partial charge is 0.497 e. The van der Waals surface area contributed by atoms with Crippen LogP contribution in [0.2, 0.25) is 0 Å². The number of hydrogen-bond acceptors (Lipinski definition) is 3. The van der Waals surface area contributed by atoms with Gasteiger partial charge in [-0.25, -0.2) is 0 Å². The van der Waals surface area contributed by atoms with E-state index >= 15 is 0 Å². The molecule has 0 bridgehead atoms. The number of carbonyl (C=O) groups is 1. The van der Waals surface area contributed by atoms with Crippen LogP contribution in [-0.2, 0) is 0 Å². The molecule has 0 aliphatic carbocycles. The fourth-order valence-electron chi connectivity index (χ4n) is 1.28.